The van der Waals surface area contributed by atoms with Gasteiger partial charge < -0.3 is 35.2 Å². The summed E-state index contributed by atoms with van der Waals surface area (Å²) in [5, 5.41) is 3.35. The summed E-state index contributed by atoms with van der Waals surface area (Å²) in [5.74, 6) is 0.870. The van der Waals surface area contributed by atoms with Crippen LogP contribution in [0.2, 0.25) is 0 Å². The fourth-order valence-corrected chi connectivity index (χ4v) is 5.14. The Bertz CT molecular complexity index is 1160. The second-order valence-corrected chi connectivity index (χ2v) is 10.3. The van der Waals surface area contributed by atoms with E-state index in [-0.39, 0.29) is 35.9 Å². The van der Waals surface area contributed by atoms with Crippen molar-refractivity contribution in [1.29, 1.82) is 0 Å². The molecule has 40 heavy (non-hydrogen) atoms. The highest BCUT2D eigenvalue weighted by Gasteiger charge is 2.29. The lowest BCUT2D eigenvalue weighted by atomic mass is 10.0. The van der Waals surface area contributed by atoms with Gasteiger partial charge in [0.05, 0.1) is 31.4 Å². The van der Waals surface area contributed by atoms with Crippen molar-refractivity contribution in [3.63, 3.8) is 0 Å². The van der Waals surface area contributed by atoms with Gasteiger partial charge >= 0.3 is 0 Å². The molecule has 0 radical (unpaired) electrons. The fourth-order valence-electron chi connectivity index (χ4n) is 5.14. The van der Waals surface area contributed by atoms with Gasteiger partial charge in [-0.15, -0.1) is 0 Å². The van der Waals surface area contributed by atoms with E-state index in [9.17, 15) is 13.6 Å². The van der Waals surface area contributed by atoms with Crippen molar-refractivity contribution in [1.82, 2.24) is 35.1 Å². The summed E-state index contributed by atoms with van der Waals surface area (Å²) in [7, 11) is 0. The summed E-state index contributed by atoms with van der Waals surface area (Å²) in [6.07, 6.45) is 0.567. The smallest absolute Gasteiger partial charge is 0.281 e. The molecular weight excluding hydrogens is 526 g/mol. The first-order valence-corrected chi connectivity index (χ1v) is 13.7. The molecule has 0 bridgehead atoms. The number of amides is 1. The topological polar surface area (TPSA) is 148 Å². The summed E-state index contributed by atoms with van der Waals surface area (Å²) < 4.78 is 39.0. The third-order valence-corrected chi connectivity index (χ3v) is 7.41. The molecule has 15 heteroatoms. The van der Waals surface area contributed by atoms with Crippen molar-refractivity contribution in [2.75, 3.05) is 87.8 Å². The van der Waals surface area contributed by atoms with Crippen LogP contribution in [0.5, 0.6) is 0 Å². The second kappa shape index (κ2) is 12.9. The largest absolute Gasteiger partial charge is 0.377 e. The standard InChI is InChI=1S/C25H36F2N10O3/c1-16-13-39-10-9-37(16)25-33-22(18-12-30-23(28)31-20(18)21(26)27)32-24(34-25)36-7-5-35(6-8-36)19(38)15-40-14-17-3-2-4-29-11-17/h12,16-17,21,29H,2-11,13-15H2,1H3,(H2,28,30,31)/t16-,17+/m0/s1. The Hall–Kier alpha value is -3.30. The molecule has 3 N–H and O–H groups in total. The van der Waals surface area contributed by atoms with Gasteiger partial charge in [0, 0.05) is 45.5 Å². The number of alkyl halides is 2. The molecule has 0 spiro atoms. The van der Waals surface area contributed by atoms with E-state index >= 15 is 0 Å². The third kappa shape index (κ3) is 6.70. The van der Waals surface area contributed by atoms with Gasteiger partial charge in [-0.3, -0.25) is 4.79 Å². The molecule has 3 aliphatic rings. The fraction of sp³-hybridized carbons (Fsp3) is 0.680. The quantitative estimate of drug-likeness (QED) is 0.468. The number of piperazine rings is 1. The van der Waals surface area contributed by atoms with Crippen LogP contribution < -0.4 is 20.9 Å². The number of rotatable bonds is 8. The van der Waals surface area contributed by atoms with E-state index in [1.54, 1.807) is 4.90 Å². The summed E-state index contributed by atoms with van der Waals surface area (Å²) in [5.41, 5.74) is 5.04. The van der Waals surface area contributed by atoms with Gasteiger partial charge in [0.1, 0.15) is 12.3 Å². The minimum absolute atomic E-state index is 0.00543. The van der Waals surface area contributed by atoms with Gasteiger partial charge in [0.2, 0.25) is 23.8 Å². The van der Waals surface area contributed by atoms with E-state index in [1.165, 1.54) is 6.20 Å². The average Bonchev–Trinajstić information content (AvgIpc) is 2.97. The molecule has 3 fully saturated rings. The number of nitrogen functional groups attached to an aromatic ring is 1. The van der Waals surface area contributed by atoms with Crippen LogP contribution in [0.15, 0.2) is 6.20 Å². The van der Waals surface area contributed by atoms with Crippen LogP contribution in [-0.4, -0.2) is 114 Å². The maximum absolute atomic E-state index is 13.9. The lowest BCUT2D eigenvalue weighted by Gasteiger charge is -2.36. The third-order valence-electron chi connectivity index (χ3n) is 7.41. The number of hydrogen-bond donors (Lipinski definition) is 2. The van der Waals surface area contributed by atoms with Gasteiger partial charge in [-0.05, 0) is 32.2 Å². The van der Waals surface area contributed by atoms with Crippen LogP contribution in [-0.2, 0) is 14.3 Å². The van der Waals surface area contributed by atoms with Crippen LogP contribution in [0.3, 0.4) is 0 Å². The molecular formula is C25H36F2N10O3. The van der Waals surface area contributed by atoms with Gasteiger partial charge in [-0.1, -0.05) is 0 Å². The van der Waals surface area contributed by atoms with Crippen molar-refractivity contribution >= 4 is 23.8 Å². The van der Waals surface area contributed by atoms with Crippen LogP contribution in [0.1, 0.15) is 31.9 Å². The summed E-state index contributed by atoms with van der Waals surface area (Å²) in [6.45, 7) is 7.97. The zero-order chi connectivity index (χ0) is 28.1. The number of carbonyl (C=O) groups excluding carboxylic acids is 1. The number of nitrogens with zero attached hydrogens (tertiary/aromatic N) is 8. The Morgan fingerprint density at radius 3 is 2.70 bits per heavy atom. The van der Waals surface area contributed by atoms with Crippen molar-refractivity contribution in [3.8, 4) is 11.4 Å². The highest BCUT2D eigenvalue weighted by Crippen LogP contribution is 2.30. The predicted molar refractivity (Wildman–Crippen MR) is 143 cm³/mol. The summed E-state index contributed by atoms with van der Waals surface area (Å²) >= 11 is 0. The zero-order valence-electron chi connectivity index (χ0n) is 22.6. The number of morpholine rings is 1. The van der Waals surface area contributed by atoms with E-state index in [1.807, 2.05) is 16.7 Å². The summed E-state index contributed by atoms with van der Waals surface area (Å²) in [4.78, 5) is 39.9. The van der Waals surface area contributed by atoms with Gasteiger partial charge in [0.15, 0.2) is 5.82 Å². The molecule has 218 valence electrons. The van der Waals surface area contributed by atoms with Crippen LogP contribution >= 0.6 is 0 Å². The molecule has 0 aromatic carbocycles. The number of aromatic nitrogens is 5. The Kier molecular flexibility index (Phi) is 9.11. The van der Waals surface area contributed by atoms with E-state index in [0.29, 0.717) is 70.4 Å². The zero-order valence-corrected chi connectivity index (χ0v) is 22.6. The number of nitrogens with one attached hydrogen (secondary N) is 1. The van der Waals surface area contributed by atoms with Gasteiger partial charge in [0.25, 0.3) is 6.43 Å². The normalized spacial score (nSPS) is 22.1. The molecule has 2 atom stereocenters. The maximum Gasteiger partial charge on any atom is 0.281 e. The molecule has 0 aliphatic carbocycles. The second-order valence-electron chi connectivity index (χ2n) is 10.3. The molecule has 13 nitrogen and oxygen atoms in total. The van der Waals surface area contributed by atoms with Crippen molar-refractivity contribution in [3.05, 3.63) is 11.9 Å². The highest BCUT2D eigenvalue weighted by molar-refractivity contribution is 5.77. The molecule has 2 aromatic rings. The molecule has 2 aromatic heterocycles. The molecule has 0 saturated carbocycles. The van der Waals surface area contributed by atoms with Crippen LogP contribution in [0.4, 0.5) is 26.6 Å². The lowest BCUT2D eigenvalue weighted by Crippen LogP contribution is -2.50. The molecule has 5 rings (SSSR count). The monoisotopic (exact) mass is 562 g/mol. The van der Waals surface area contributed by atoms with E-state index in [2.05, 4.69) is 25.3 Å². The Balaban J connectivity index is 1.31. The van der Waals surface area contributed by atoms with E-state index < -0.39 is 12.1 Å². The molecule has 5 heterocycles. The number of piperidine rings is 1. The number of anilines is 3. The maximum atomic E-state index is 13.9. The predicted octanol–water partition coefficient (Wildman–Crippen LogP) is 0.738. The Morgan fingerprint density at radius 2 is 1.98 bits per heavy atom. The number of ether oxygens (including phenoxy) is 2. The first kappa shape index (κ1) is 28.2. The lowest BCUT2D eigenvalue weighted by molar-refractivity contribution is -0.137. The van der Waals surface area contributed by atoms with E-state index in [0.717, 1.165) is 25.9 Å². The van der Waals surface area contributed by atoms with Crippen molar-refractivity contribution < 1.29 is 23.0 Å². The van der Waals surface area contributed by atoms with Crippen LogP contribution in [0, 0.1) is 5.92 Å². The van der Waals surface area contributed by atoms with Crippen molar-refractivity contribution in [2.24, 2.45) is 5.92 Å². The molecule has 3 saturated heterocycles. The number of nitrogens with two attached hydrogens (primary N) is 1. The van der Waals surface area contributed by atoms with Gasteiger partial charge in [-0.25, -0.2) is 18.7 Å². The first-order chi connectivity index (χ1) is 19.4. The first-order valence-electron chi connectivity index (χ1n) is 13.7. The number of hydrogen-bond acceptors (Lipinski definition) is 12. The SMILES string of the molecule is C[C@H]1COCCN1c1nc(-c2cnc(N)nc2C(F)F)nc(N2CCN(C(=O)COC[C@@H]3CCCNC3)CC2)n1. The molecule has 0 unspecified atom stereocenters. The van der Waals surface area contributed by atoms with Crippen LogP contribution in [0.25, 0.3) is 11.4 Å². The summed E-state index contributed by atoms with van der Waals surface area (Å²) in [6, 6.07) is -0.0204. The molecule has 1 amide bonds. The van der Waals surface area contributed by atoms with Crippen molar-refractivity contribution in [2.45, 2.75) is 32.2 Å². The number of halogens is 2. The minimum Gasteiger partial charge on any atom is -0.377 e. The van der Waals surface area contributed by atoms with E-state index in [4.69, 9.17) is 20.2 Å². The molecule has 3 aliphatic heterocycles. The highest BCUT2D eigenvalue weighted by atomic mass is 19.3. The Morgan fingerprint density at radius 1 is 1.18 bits per heavy atom. The Labute approximate surface area is 231 Å². The minimum atomic E-state index is -2.89. The average molecular weight is 563 g/mol. The van der Waals surface area contributed by atoms with Gasteiger partial charge in [-0.2, -0.15) is 15.0 Å². The number of carbonyl (C=O) groups is 1.